The summed E-state index contributed by atoms with van der Waals surface area (Å²) >= 11 is 0. The molecule has 6 rings (SSSR count). The first-order valence-corrected chi connectivity index (χ1v) is 20.8. The van der Waals surface area contributed by atoms with Gasteiger partial charge in [-0.25, -0.2) is 0 Å². The minimum absolute atomic E-state index is 0.0549. The molecule has 326 valence electrons. The van der Waals surface area contributed by atoms with Crippen molar-refractivity contribution in [3.8, 4) is 0 Å². The maximum atomic E-state index is 12.7. The van der Waals surface area contributed by atoms with Crippen molar-refractivity contribution in [3.63, 3.8) is 0 Å². The first-order chi connectivity index (χ1) is 26.3. The summed E-state index contributed by atoms with van der Waals surface area (Å²) in [6.07, 6.45) is -13.6. The van der Waals surface area contributed by atoms with E-state index in [1.165, 1.54) is 7.11 Å². The molecule has 2 aliphatic heterocycles. The molecule has 56 heavy (non-hydrogen) atoms. The topological polar surface area (TPSA) is 269 Å². The lowest BCUT2D eigenvalue weighted by molar-refractivity contribution is -0.308. The maximum Gasteiger partial charge on any atom is 0.187 e. The second-order valence-electron chi connectivity index (χ2n) is 19.1. The van der Waals surface area contributed by atoms with Gasteiger partial charge in [-0.3, -0.25) is 0 Å². The summed E-state index contributed by atoms with van der Waals surface area (Å²) in [5.41, 5.74) is -2.81. The highest BCUT2D eigenvalue weighted by atomic mass is 16.8. The third kappa shape index (κ3) is 7.53. The Morgan fingerprint density at radius 2 is 1.45 bits per heavy atom. The Morgan fingerprint density at radius 3 is 2.09 bits per heavy atom. The lowest BCUT2D eigenvalue weighted by Crippen LogP contribution is -2.71. The average molecular weight is 807 g/mol. The Balaban J connectivity index is 1.14. The zero-order chi connectivity index (χ0) is 41.2. The molecule has 6 fully saturated rings. The van der Waals surface area contributed by atoms with Crippen molar-refractivity contribution in [1.29, 1.82) is 0 Å². The molecule has 6 aliphatic rings. The van der Waals surface area contributed by atoms with Crippen LogP contribution in [-0.4, -0.2) is 175 Å². The second-order valence-corrected chi connectivity index (χ2v) is 19.1. The van der Waals surface area contributed by atoms with Gasteiger partial charge in [0.05, 0.1) is 55.9 Å². The van der Waals surface area contributed by atoms with Crippen molar-refractivity contribution in [3.05, 3.63) is 0 Å². The van der Waals surface area contributed by atoms with Crippen LogP contribution in [0.5, 0.6) is 0 Å². The predicted molar refractivity (Wildman–Crippen MR) is 196 cm³/mol. The van der Waals surface area contributed by atoms with E-state index in [4.69, 9.17) is 23.7 Å². The number of hydrogen-bond acceptors (Lipinski definition) is 16. The van der Waals surface area contributed by atoms with Gasteiger partial charge in [0.15, 0.2) is 12.6 Å². The lowest BCUT2D eigenvalue weighted by atomic mass is 9.41. The Bertz CT molecular complexity index is 1310. The maximum absolute atomic E-state index is 12.7. The van der Waals surface area contributed by atoms with Gasteiger partial charge in [0.1, 0.15) is 42.7 Å². The van der Waals surface area contributed by atoms with E-state index in [-0.39, 0.29) is 49.2 Å². The molecular weight excluding hydrogens is 736 g/mol. The number of hydrogen-bond donors (Lipinski definition) is 11. The second kappa shape index (κ2) is 17.0. The zero-order valence-electron chi connectivity index (χ0n) is 33.7. The molecule has 0 aromatic rings. The van der Waals surface area contributed by atoms with Crippen LogP contribution in [0.4, 0.5) is 0 Å². The lowest BCUT2D eigenvalue weighted by Gasteiger charge is -2.66. The summed E-state index contributed by atoms with van der Waals surface area (Å²) in [6, 6.07) is 0. The zero-order valence-corrected chi connectivity index (χ0v) is 33.7. The SMILES string of the molecule is COC1C(OC2C(OCC(CCC(C)C3C(O)C(O)C4C3(C)CCC3C5(C)CCC(O)C(O)C5C(O)CC34O)C(C)C)OC(C(O)CO)C2O)OCC(O)C1O. The molecule has 23 unspecified atom stereocenters. The minimum atomic E-state index is -1.49. The van der Waals surface area contributed by atoms with Crippen molar-refractivity contribution in [2.45, 2.75) is 171 Å². The van der Waals surface area contributed by atoms with Gasteiger partial charge < -0.3 is 79.9 Å². The van der Waals surface area contributed by atoms with E-state index in [0.29, 0.717) is 38.5 Å². The number of aliphatic hydroxyl groups excluding tert-OH is 10. The quantitative estimate of drug-likeness (QED) is 0.103. The van der Waals surface area contributed by atoms with Crippen LogP contribution in [0.25, 0.3) is 0 Å². The fraction of sp³-hybridized carbons (Fsp3) is 1.00. The molecule has 2 heterocycles. The van der Waals surface area contributed by atoms with Crippen molar-refractivity contribution < 1.29 is 79.9 Å². The summed E-state index contributed by atoms with van der Waals surface area (Å²) in [5, 5.41) is 121. The van der Waals surface area contributed by atoms with E-state index >= 15 is 0 Å². The number of rotatable bonds is 13. The summed E-state index contributed by atoms with van der Waals surface area (Å²) in [7, 11) is 1.32. The Kier molecular flexibility index (Phi) is 13.6. The van der Waals surface area contributed by atoms with Crippen LogP contribution in [0.2, 0.25) is 0 Å². The molecule has 0 aromatic heterocycles. The van der Waals surface area contributed by atoms with Gasteiger partial charge in [-0.1, -0.05) is 34.6 Å². The highest BCUT2D eigenvalue weighted by Gasteiger charge is 2.73. The minimum Gasteiger partial charge on any atom is -0.394 e. The molecule has 0 radical (unpaired) electrons. The Labute approximate surface area is 329 Å². The van der Waals surface area contributed by atoms with E-state index in [0.717, 1.165) is 0 Å². The number of aliphatic hydroxyl groups is 11. The fourth-order valence-corrected chi connectivity index (χ4v) is 12.8. The average Bonchev–Trinajstić information content (AvgIpc) is 3.55. The summed E-state index contributed by atoms with van der Waals surface area (Å²) in [6.45, 7) is 9.39. The van der Waals surface area contributed by atoms with E-state index < -0.39 is 121 Å². The smallest absolute Gasteiger partial charge is 0.187 e. The van der Waals surface area contributed by atoms with E-state index in [2.05, 4.69) is 6.92 Å². The fourth-order valence-electron chi connectivity index (χ4n) is 12.8. The Morgan fingerprint density at radius 1 is 0.768 bits per heavy atom. The van der Waals surface area contributed by atoms with Crippen LogP contribution < -0.4 is 0 Å². The van der Waals surface area contributed by atoms with E-state index in [1.807, 2.05) is 27.7 Å². The van der Waals surface area contributed by atoms with E-state index in [9.17, 15) is 56.2 Å². The highest BCUT2D eigenvalue weighted by Crippen LogP contribution is 2.70. The van der Waals surface area contributed by atoms with Gasteiger partial charge in [0, 0.05) is 25.4 Å². The molecular formula is C40H70O16. The van der Waals surface area contributed by atoms with Crippen molar-refractivity contribution in [2.75, 3.05) is 26.9 Å². The molecule has 2 saturated heterocycles. The third-order valence-corrected chi connectivity index (χ3v) is 15.7. The molecule has 4 saturated carbocycles. The summed E-state index contributed by atoms with van der Waals surface area (Å²) in [5.74, 6) is -2.07. The molecule has 4 aliphatic carbocycles. The monoisotopic (exact) mass is 806 g/mol. The van der Waals surface area contributed by atoms with Crippen molar-refractivity contribution >= 4 is 0 Å². The van der Waals surface area contributed by atoms with Gasteiger partial charge in [0.25, 0.3) is 0 Å². The number of methoxy groups -OCH3 is 1. The standard InChI is InChI=1S/C40H70O16/c1-17(2)19(15-53-37-34(31(50)32(55-37)22(44)14-41)56-36-33(52-6)28(47)23(45)16-54-36)8-7-18(3)25-29(48)30(49)35-39(25,5)12-10-24-38(4)11-9-20(42)27(46)26(38)21(43)13-40(24,35)51/h17-37,41-51H,7-16H2,1-6H3. The largest absolute Gasteiger partial charge is 0.394 e. The normalized spacial score (nSPS) is 52.3. The van der Waals surface area contributed by atoms with Crippen LogP contribution in [0.15, 0.2) is 0 Å². The van der Waals surface area contributed by atoms with E-state index in [1.54, 1.807) is 0 Å². The van der Waals surface area contributed by atoms with Gasteiger partial charge in [-0.2, -0.15) is 0 Å². The molecule has 16 heteroatoms. The molecule has 0 aromatic carbocycles. The van der Waals surface area contributed by atoms with Crippen LogP contribution in [0.3, 0.4) is 0 Å². The van der Waals surface area contributed by atoms with Crippen LogP contribution in [0, 0.1) is 52.3 Å². The molecule has 16 nitrogen and oxygen atoms in total. The number of fused-ring (bicyclic) bond motifs is 5. The predicted octanol–water partition coefficient (Wildman–Crippen LogP) is -1.37. The van der Waals surface area contributed by atoms with Crippen LogP contribution in [0.1, 0.15) is 79.6 Å². The van der Waals surface area contributed by atoms with Crippen molar-refractivity contribution in [1.82, 2.24) is 0 Å². The summed E-state index contributed by atoms with van der Waals surface area (Å²) in [4.78, 5) is 0. The van der Waals surface area contributed by atoms with Gasteiger partial charge >= 0.3 is 0 Å². The number of ether oxygens (including phenoxy) is 5. The van der Waals surface area contributed by atoms with Gasteiger partial charge in [0.2, 0.25) is 0 Å². The Hall–Kier alpha value is -0.640. The van der Waals surface area contributed by atoms with Gasteiger partial charge in [-0.05, 0) is 78.9 Å². The molecule has 0 spiro atoms. The first-order valence-electron chi connectivity index (χ1n) is 20.8. The molecule has 0 amide bonds. The van der Waals surface area contributed by atoms with Gasteiger partial charge in [-0.15, -0.1) is 0 Å². The molecule has 23 atom stereocenters. The molecule has 0 bridgehead atoms. The third-order valence-electron chi connectivity index (χ3n) is 15.7. The highest BCUT2D eigenvalue weighted by molar-refractivity contribution is 5.22. The molecule has 11 N–H and O–H groups in total. The summed E-state index contributed by atoms with van der Waals surface area (Å²) < 4.78 is 29.1. The van der Waals surface area contributed by atoms with Crippen molar-refractivity contribution in [2.24, 2.45) is 52.3 Å². The van der Waals surface area contributed by atoms with Crippen LogP contribution in [-0.2, 0) is 23.7 Å². The first kappa shape index (κ1) is 44.9. The van der Waals surface area contributed by atoms with Crippen LogP contribution >= 0.6 is 0 Å².